The number of anilines is 1. The first kappa shape index (κ1) is 54.4. The van der Waals surface area contributed by atoms with Gasteiger partial charge >= 0.3 is 23.5 Å². The first-order valence-electron chi connectivity index (χ1n) is 18.1. The van der Waals surface area contributed by atoms with Crippen LogP contribution >= 0.6 is 35.2 Å². The number of phosphoric ester groups is 3. The van der Waals surface area contributed by atoms with Crippen LogP contribution in [0.2, 0.25) is 0 Å². The van der Waals surface area contributed by atoms with Gasteiger partial charge in [0.1, 0.15) is 36.3 Å². The number of nitrogens with one attached hydrogen (secondary N) is 2. The summed E-state index contributed by atoms with van der Waals surface area (Å²) in [7, 11) is -16.4. The maximum absolute atomic E-state index is 12.7. The largest absolute Gasteiger partial charge is 0.481 e. The fourth-order valence-electron chi connectivity index (χ4n) is 5.27. The van der Waals surface area contributed by atoms with Crippen molar-refractivity contribution < 1.29 is 80.5 Å². The van der Waals surface area contributed by atoms with Crippen molar-refractivity contribution in [3.8, 4) is 0 Å². The molecule has 2 unspecified atom stereocenters. The Morgan fingerprint density at radius 2 is 1.72 bits per heavy atom. The molecule has 1 fully saturated rings. The Bertz CT molecular complexity index is 1920. The van der Waals surface area contributed by atoms with Crippen molar-refractivity contribution in [1.82, 2.24) is 30.2 Å². The second kappa shape index (κ2) is 24.4. The van der Waals surface area contributed by atoms with Crippen molar-refractivity contribution in [2.45, 2.75) is 90.4 Å². The number of phosphoric acid groups is 3. The standard InChI is InChI=1S/C31H52N7O17P3S.Na/c1-19(2)9-7-5-6-8-10-22(40)59-14-13-33-21(39)11-12-34-29(43)26(42)31(3,4)16-52-58(49,50)55-57(47,48)51-15-20-25(54-56(44,45)46)24(41)30(53-20)38-18-37-23-27(32)35-17-36-28(23)38;/h7,9,17-20,24-26,30,41-42H,5-6,8,10-16H2,1-4H3,(H,33,39)(H,34,43)(H,47,48)(H,49,50)(H2,32,35,36)(H2,44,45,46);/b9-7+;/t20-,24-,25-,26+,30-;/m1./s1. The zero-order valence-corrected chi connectivity index (χ0v) is 39.1. The fourth-order valence-corrected chi connectivity index (χ4v) is 8.82. The number of nitrogens with two attached hydrogens (primary N) is 1. The number of fused-ring (bicyclic) bond motifs is 1. The molecule has 0 bridgehead atoms. The summed E-state index contributed by atoms with van der Waals surface area (Å²) in [6, 6.07) is 0. The molecule has 335 valence electrons. The van der Waals surface area contributed by atoms with Crippen molar-refractivity contribution >= 4 is 98.7 Å². The number of rotatable bonds is 25. The van der Waals surface area contributed by atoms with Gasteiger partial charge in [-0.15, -0.1) is 0 Å². The van der Waals surface area contributed by atoms with Gasteiger partial charge in [-0.25, -0.2) is 28.6 Å². The van der Waals surface area contributed by atoms with Gasteiger partial charge in [0.25, 0.3) is 0 Å². The first-order chi connectivity index (χ1) is 27.4. The number of hydrogen-bond acceptors (Lipinski definition) is 18. The Kier molecular flexibility index (Phi) is 22.1. The van der Waals surface area contributed by atoms with Gasteiger partial charge < -0.3 is 50.9 Å². The molecule has 24 nitrogen and oxygen atoms in total. The normalized spacial score (nSPS) is 21.1. The smallest absolute Gasteiger partial charge is 0.386 e. The maximum Gasteiger partial charge on any atom is 0.481 e. The number of ether oxygens (including phenoxy) is 1. The summed E-state index contributed by atoms with van der Waals surface area (Å²) in [6.45, 7) is 4.72. The minimum absolute atomic E-state index is 0. The van der Waals surface area contributed by atoms with E-state index in [1.165, 1.54) is 13.8 Å². The van der Waals surface area contributed by atoms with Crippen LogP contribution in [0.15, 0.2) is 24.8 Å². The number of carbonyl (C=O) groups excluding carboxylic acids is 3. The van der Waals surface area contributed by atoms with Gasteiger partial charge in [-0.05, 0) is 25.2 Å². The predicted molar refractivity (Wildman–Crippen MR) is 215 cm³/mol. The Hall–Kier alpha value is -1.70. The minimum atomic E-state index is -5.57. The van der Waals surface area contributed by atoms with E-state index < -0.39 is 84.6 Å². The van der Waals surface area contributed by atoms with Gasteiger partial charge in [-0.2, -0.15) is 4.31 Å². The fraction of sp³-hybridized carbons (Fsp3) is 0.677. The third-order valence-corrected chi connectivity index (χ3v) is 12.3. The summed E-state index contributed by atoms with van der Waals surface area (Å²) in [5.74, 6) is -0.573. The Balaban J connectivity index is 0.0000124. The molecule has 60 heavy (non-hydrogen) atoms. The number of hydrogen-bond donors (Lipinski definition) is 9. The molecule has 7 atom stereocenters. The van der Waals surface area contributed by atoms with Crippen LogP contribution in [0, 0.1) is 11.3 Å². The molecule has 3 rings (SSSR count). The number of thioether (sulfide) groups is 1. The summed E-state index contributed by atoms with van der Waals surface area (Å²) in [5, 5.41) is 26.5. The second-order valence-electron chi connectivity index (χ2n) is 14.2. The summed E-state index contributed by atoms with van der Waals surface area (Å²) < 4.78 is 62.2. The third kappa shape index (κ3) is 18.2. The SMILES string of the molecule is CC(C)/C=C/CCCCC(=O)SCCNC(=O)CCNC(=O)[C@H](O)C(C)(C)COP(=O)(O)OP(=O)(O)OC[C@H]1O[C@@H](n2cnc3c(N)ncnc32)[C@H](O)[C@@H]1OP(=O)(O)O.[Na]. The van der Waals surface area contributed by atoms with Gasteiger partial charge in [-0.1, -0.05) is 51.6 Å². The topological polar surface area (TPSA) is 364 Å². The molecule has 0 aliphatic carbocycles. The maximum atomic E-state index is 12.7. The van der Waals surface area contributed by atoms with Crippen LogP contribution in [0.5, 0.6) is 0 Å². The van der Waals surface area contributed by atoms with Gasteiger partial charge in [0.05, 0.1) is 19.5 Å². The van der Waals surface area contributed by atoms with Crippen LogP contribution in [0.3, 0.4) is 0 Å². The Labute approximate surface area is 371 Å². The van der Waals surface area contributed by atoms with Crippen LogP contribution < -0.4 is 16.4 Å². The summed E-state index contributed by atoms with van der Waals surface area (Å²) in [4.78, 5) is 87.8. The van der Waals surface area contributed by atoms with Crippen LogP contribution in [0.1, 0.15) is 66.0 Å². The number of allylic oxidation sites excluding steroid dienone is 2. The van der Waals surface area contributed by atoms with Crippen molar-refractivity contribution in [3.63, 3.8) is 0 Å². The molecule has 1 saturated heterocycles. The quantitative estimate of drug-likeness (QED) is 0.0291. The van der Waals surface area contributed by atoms with Gasteiger partial charge in [0.2, 0.25) is 11.8 Å². The molecule has 10 N–H and O–H groups in total. The zero-order valence-electron chi connectivity index (χ0n) is 33.6. The molecule has 2 amide bonds. The summed E-state index contributed by atoms with van der Waals surface area (Å²) in [6.07, 6.45) is 0.373. The van der Waals surface area contributed by atoms with E-state index >= 15 is 0 Å². The molecule has 0 saturated carbocycles. The van der Waals surface area contributed by atoms with E-state index in [1.54, 1.807) is 0 Å². The van der Waals surface area contributed by atoms with E-state index in [4.69, 9.17) is 19.5 Å². The van der Waals surface area contributed by atoms with E-state index in [-0.39, 0.29) is 71.2 Å². The number of aliphatic hydroxyl groups is 2. The summed E-state index contributed by atoms with van der Waals surface area (Å²) in [5.41, 5.74) is 4.27. The molecule has 1 aliphatic rings. The van der Waals surface area contributed by atoms with E-state index in [9.17, 15) is 57.9 Å². The van der Waals surface area contributed by atoms with E-state index in [0.717, 1.165) is 48.2 Å². The third-order valence-electron chi connectivity index (χ3n) is 8.29. The van der Waals surface area contributed by atoms with Crippen molar-refractivity contribution in [3.05, 3.63) is 24.8 Å². The number of nitrogen functional groups attached to an aromatic ring is 1. The molecular formula is C31H52N7NaO17P3S. The van der Waals surface area contributed by atoms with Crippen molar-refractivity contribution in [2.75, 3.05) is 37.8 Å². The average molecular weight is 943 g/mol. The number of imidazole rings is 1. The number of aromatic nitrogens is 4. The number of unbranched alkanes of at least 4 members (excludes halogenated alkanes) is 2. The van der Waals surface area contributed by atoms with Crippen LogP contribution in [-0.4, -0.2) is 152 Å². The number of nitrogens with zero attached hydrogens (tertiary/aromatic N) is 4. The molecule has 1 radical (unpaired) electrons. The zero-order chi connectivity index (χ0) is 44.2. The van der Waals surface area contributed by atoms with Crippen LogP contribution in [0.4, 0.5) is 5.82 Å². The molecule has 2 aromatic rings. The molecule has 3 heterocycles. The van der Waals surface area contributed by atoms with Gasteiger partial charge in [0.15, 0.2) is 22.8 Å². The van der Waals surface area contributed by atoms with Crippen LogP contribution in [0.25, 0.3) is 11.2 Å². The van der Waals surface area contributed by atoms with Crippen LogP contribution in [-0.2, 0) is 50.7 Å². The van der Waals surface area contributed by atoms with E-state index in [1.807, 2.05) is 0 Å². The molecule has 0 aromatic carbocycles. The monoisotopic (exact) mass is 942 g/mol. The van der Waals surface area contributed by atoms with E-state index in [2.05, 4.69) is 60.4 Å². The average Bonchev–Trinajstić information content (AvgIpc) is 3.69. The van der Waals surface area contributed by atoms with Gasteiger partial charge in [-0.3, -0.25) is 32.5 Å². The minimum Gasteiger partial charge on any atom is -0.386 e. The Morgan fingerprint density at radius 1 is 1.03 bits per heavy atom. The molecule has 2 aromatic heterocycles. The molecule has 29 heteroatoms. The first-order valence-corrected chi connectivity index (χ1v) is 23.6. The Morgan fingerprint density at radius 3 is 2.38 bits per heavy atom. The van der Waals surface area contributed by atoms with Crippen molar-refractivity contribution in [2.24, 2.45) is 11.3 Å². The molecular weight excluding hydrogens is 890 g/mol. The molecule has 1 aliphatic heterocycles. The number of aliphatic hydroxyl groups excluding tert-OH is 2. The van der Waals surface area contributed by atoms with E-state index in [0.29, 0.717) is 18.1 Å². The second-order valence-corrected chi connectivity index (χ2v) is 19.6. The molecule has 0 spiro atoms. The number of carbonyl (C=O) groups is 3. The number of amides is 2. The predicted octanol–water partition coefficient (Wildman–Crippen LogP) is 1.06. The van der Waals surface area contributed by atoms with Crippen molar-refractivity contribution in [1.29, 1.82) is 0 Å². The van der Waals surface area contributed by atoms with Gasteiger partial charge in [0, 0.05) is 66.7 Å². The summed E-state index contributed by atoms with van der Waals surface area (Å²) >= 11 is 1.12.